The van der Waals surface area contributed by atoms with Crippen molar-refractivity contribution >= 4 is 28.3 Å². The zero-order valence-corrected chi connectivity index (χ0v) is 20.1. The summed E-state index contributed by atoms with van der Waals surface area (Å²) < 4.78 is 7.50. The predicted octanol–water partition coefficient (Wildman–Crippen LogP) is 4.77. The number of amides is 1. The minimum Gasteiger partial charge on any atom is -0.518 e. The van der Waals surface area contributed by atoms with E-state index in [0.717, 1.165) is 21.5 Å². The molecule has 1 amide bonds. The third-order valence-electron chi connectivity index (χ3n) is 5.52. The number of hydrogen-bond donors (Lipinski definition) is 1. The fourth-order valence-electron chi connectivity index (χ4n) is 3.74. The van der Waals surface area contributed by atoms with Crippen LogP contribution in [-0.2, 0) is 6.61 Å². The van der Waals surface area contributed by atoms with Gasteiger partial charge in [0.15, 0.2) is 11.3 Å². The second-order valence-corrected chi connectivity index (χ2v) is 9.03. The van der Waals surface area contributed by atoms with Gasteiger partial charge in [-0.25, -0.2) is 4.79 Å². The Labute approximate surface area is 206 Å². The van der Waals surface area contributed by atoms with Crippen LogP contribution < -0.4 is 9.30 Å². The number of aromatic nitrogens is 3. The molecule has 5 aromatic rings. The van der Waals surface area contributed by atoms with Crippen LogP contribution in [-0.4, -0.2) is 40.1 Å². The Morgan fingerprint density at radius 2 is 2.00 bits per heavy atom. The molecule has 0 radical (unpaired) electrons. The molecule has 1 N–H and O–H groups in total. The number of thiazole rings is 1. The Balaban J connectivity index is 1.50. The van der Waals surface area contributed by atoms with Crippen LogP contribution in [0.25, 0.3) is 21.5 Å². The van der Waals surface area contributed by atoms with E-state index in [1.54, 1.807) is 38.1 Å². The number of rotatable bonds is 6. The Hall–Kier alpha value is -4.14. The van der Waals surface area contributed by atoms with Crippen LogP contribution in [0.1, 0.15) is 16.8 Å². The number of hydrogen-bond acceptors (Lipinski definition) is 5. The Morgan fingerprint density at radius 3 is 2.74 bits per heavy atom. The van der Waals surface area contributed by atoms with E-state index in [1.807, 2.05) is 60.7 Å². The maximum atomic E-state index is 12.9. The molecule has 0 bridgehead atoms. The van der Waals surface area contributed by atoms with E-state index in [0.29, 0.717) is 29.1 Å². The first kappa shape index (κ1) is 22.6. The quantitative estimate of drug-likeness (QED) is 0.214. The van der Waals surface area contributed by atoms with Gasteiger partial charge in [-0.15, -0.1) is 23.1 Å². The standard InChI is InChI=1S/C27H23N4O3S/c1-30(2)27(33)31-15-22(25(32)23-17-35-26(29-23)19-9-6-12-28-14-19)21-11-10-20(13-24(21)31)34-16-18-7-4-3-5-8-18/h3-15,17,32H,16H2,1-2H3/q-1. The summed E-state index contributed by atoms with van der Waals surface area (Å²) in [5.41, 5.74) is 3.52. The van der Waals surface area contributed by atoms with Crippen LogP contribution >= 0.6 is 11.3 Å². The smallest absolute Gasteiger partial charge is 0.441 e. The molecule has 35 heavy (non-hydrogen) atoms. The maximum absolute atomic E-state index is 12.9. The van der Waals surface area contributed by atoms with Gasteiger partial charge in [0.05, 0.1) is 19.8 Å². The van der Waals surface area contributed by atoms with Crippen LogP contribution in [0.15, 0.2) is 84.6 Å². The minimum atomic E-state index is -0.233. The van der Waals surface area contributed by atoms with Crippen molar-refractivity contribution in [1.29, 1.82) is 0 Å². The van der Waals surface area contributed by atoms with Gasteiger partial charge >= 0.3 is 6.03 Å². The minimum absolute atomic E-state index is 0.00431. The number of pyridine rings is 1. The first-order valence-corrected chi connectivity index (χ1v) is 11.9. The van der Waals surface area contributed by atoms with Crippen molar-refractivity contribution in [3.05, 3.63) is 108 Å². The topological polar surface area (TPSA) is 79.4 Å². The highest BCUT2D eigenvalue weighted by Gasteiger charge is 2.20. The molecule has 3 heterocycles. The summed E-state index contributed by atoms with van der Waals surface area (Å²) in [7, 11) is 3.38. The van der Waals surface area contributed by atoms with Gasteiger partial charge in [-0.3, -0.25) is 14.5 Å². The first-order chi connectivity index (χ1) is 17.0. The molecule has 0 fully saturated rings. The fraction of sp³-hybridized carbons (Fsp3) is 0.111. The second-order valence-electron chi connectivity index (χ2n) is 8.17. The van der Waals surface area contributed by atoms with Crippen LogP contribution in [0.3, 0.4) is 0 Å². The number of aliphatic hydroxyl groups excluding tert-OH is 1. The molecule has 0 atom stereocenters. The number of benzene rings is 2. The molecule has 0 saturated carbocycles. The molecule has 2 aromatic carbocycles. The van der Waals surface area contributed by atoms with Gasteiger partial charge in [0.2, 0.25) is 5.01 Å². The summed E-state index contributed by atoms with van der Waals surface area (Å²) in [6, 6.07) is 18.9. The van der Waals surface area contributed by atoms with Gasteiger partial charge in [0.25, 0.3) is 0 Å². The number of carbonyl (C=O) groups excluding carboxylic acids is 1. The molecular formula is C27H23N4O3S-. The number of carbonyl (C=O) groups is 1. The molecule has 5 rings (SSSR count). The van der Waals surface area contributed by atoms with Gasteiger partial charge < -0.3 is 14.8 Å². The van der Waals surface area contributed by atoms with E-state index in [2.05, 4.69) is 9.97 Å². The van der Waals surface area contributed by atoms with E-state index >= 15 is 0 Å². The fourth-order valence-corrected chi connectivity index (χ4v) is 4.54. The molecule has 0 aliphatic rings. The summed E-state index contributed by atoms with van der Waals surface area (Å²) in [5.74, 6) is 0.630. The van der Waals surface area contributed by atoms with E-state index < -0.39 is 0 Å². The van der Waals surface area contributed by atoms with Crippen molar-refractivity contribution < 1.29 is 19.2 Å². The maximum Gasteiger partial charge on any atom is 0.441 e. The highest BCUT2D eigenvalue weighted by molar-refractivity contribution is 7.13. The van der Waals surface area contributed by atoms with Gasteiger partial charge in [-0.05, 0) is 29.5 Å². The summed E-state index contributed by atoms with van der Waals surface area (Å²) in [4.78, 5) is 23.2. The van der Waals surface area contributed by atoms with Crippen molar-refractivity contribution in [2.24, 2.45) is 0 Å². The number of ether oxygens (including phenoxy) is 1. The molecular weight excluding hydrogens is 460 g/mol. The normalized spacial score (nSPS) is 10.9. The lowest BCUT2D eigenvalue weighted by Gasteiger charge is -2.17. The van der Waals surface area contributed by atoms with Crippen molar-refractivity contribution in [2.75, 3.05) is 14.1 Å². The lowest BCUT2D eigenvalue weighted by Crippen LogP contribution is -2.48. The zero-order chi connectivity index (χ0) is 24.4. The molecule has 0 aliphatic carbocycles. The van der Waals surface area contributed by atoms with Crippen LogP contribution in [0, 0.1) is 6.10 Å². The summed E-state index contributed by atoms with van der Waals surface area (Å²) in [6.07, 6.45) is 5.09. The van der Waals surface area contributed by atoms with Gasteiger partial charge in [0, 0.05) is 23.6 Å². The lowest BCUT2D eigenvalue weighted by molar-refractivity contribution is -0.547. The Kier molecular flexibility index (Phi) is 6.22. The second kappa shape index (κ2) is 9.61. The van der Waals surface area contributed by atoms with Crippen molar-refractivity contribution in [3.63, 3.8) is 0 Å². The van der Waals surface area contributed by atoms with Gasteiger partial charge in [0.1, 0.15) is 12.0 Å². The molecule has 0 aliphatic heterocycles. The molecule has 7 nitrogen and oxygen atoms in total. The zero-order valence-electron chi connectivity index (χ0n) is 19.3. The average Bonchev–Trinajstić information content (AvgIpc) is 3.53. The largest absolute Gasteiger partial charge is 0.518 e. The highest BCUT2D eigenvalue weighted by atomic mass is 32.1. The SMILES string of the molecule is CN(C)C(=O)[n+]1cc([C-](O)c2c[s+][c-](-c3cccnc3)n2)c2ccc(OCc3ccccc3)c[c-]21. The molecule has 0 saturated heterocycles. The summed E-state index contributed by atoms with van der Waals surface area (Å²) in [6.45, 7) is 0.412. The highest BCUT2D eigenvalue weighted by Crippen LogP contribution is 2.32. The van der Waals surface area contributed by atoms with Crippen LogP contribution in [0.5, 0.6) is 5.75 Å². The van der Waals surface area contributed by atoms with E-state index in [9.17, 15) is 9.90 Å². The molecule has 0 spiro atoms. The third kappa shape index (κ3) is 4.62. The van der Waals surface area contributed by atoms with Crippen LogP contribution in [0.2, 0.25) is 0 Å². The number of aliphatic hydroxyl groups is 1. The van der Waals surface area contributed by atoms with Gasteiger partial charge in [-0.1, -0.05) is 42.5 Å². The number of fused-ring (bicyclic) bond motifs is 1. The summed E-state index contributed by atoms with van der Waals surface area (Å²) in [5, 5.41) is 14.5. The molecule has 8 heteroatoms. The molecule has 0 unspecified atom stereocenters. The van der Waals surface area contributed by atoms with Crippen molar-refractivity contribution in [1.82, 2.24) is 14.9 Å². The third-order valence-corrected chi connectivity index (χ3v) is 6.42. The monoisotopic (exact) mass is 483 g/mol. The predicted molar refractivity (Wildman–Crippen MR) is 134 cm³/mol. The average molecular weight is 484 g/mol. The number of nitrogens with zero attached hydrogens (tertiary/aromatic N) is 4. The molecule has 176 valence electrons. The lowest BCUT2D eigenvalue weighted by atomic mass is 10.1. The summed E-state index contributed by atoms with van der Waals surface area (Å²) >= 11 is 1.42. The van der Waals surface area contributed by atoms with Crippen LogP contribution in [0.4, 0.5) is 4.79 Å². The van der Waals surface area contributed by atoms with Crippen molar-refractivity contribution in [3.8, 4) is 16.3 Å². The Morgan fingerprint density at radius 1 is 1.17 bits per heavy atom. The molecule has 3 aromatic heterocycles. The van der Waals surface area contributed by atoms with E-state index in [4.69, 9.17) is 4.74 Å². The van der Waals surface area contributed by atoms with Crippen molar-refractivity contribution in [2.45, 2.75) is 6.61 Å². The van der Waals surface area contributed by atoms with E-state index in [-0.39, 0.29) is 12.1 Å². The first-order valence-electron chi connectivity index (χ1n) is 11.0. The van der Waals surface area contributed by atoms with E-state index in [1.165, 1.54) is 20.8 Å². The van der Waals surface area contributed by atoms with Gasteiger partial charge in [-0.2, -0.15) is 0 Å². The Bertz CT molecular complexity index is 1460.